The zero-order valence-corrected chi connectivity index (χ0v) is 22.5. The van der Waals surface area contributed by atoms with Crippen LogP contribution in [0.4, 0.5) is 5.82 Å². The molecule has 0 N–H and O–H groups in total. The molecule has 0 saturated carbocycles. The highest BCUT2D eigenvalue weighted by molar-refractivity contribution is 7.89. The molecule has 190 valence electrons. The van der Waals surface area contributed by atoms with Crippen LogP contribution < -0.4 is 4.90 Å². The van der Waals surface area contributed by atoms with E-state index in [0.717, 1.165) is 28.2 Å². The number of anilines is 1. The van der Waals surface area contributed by atoms with Crippen LogP contribution in [-0.2, 0) is 16.4 Å². The van der Waals surface area contributed by atoms with E-state index < -0.39 is 10.0 Å². The monoisotopic (exact) mass is 532 g/mol. The number of hydrogen-bond donors (Lipinski definition) is 0. The quantitative estimate of drug-likeness (QED) is 0.327. The smallest absolute Gasteiger partial charge is 0.243 e. The molecule has 1 aliphatic heterocycles. The number of rotatable bonds is 6. The van der Waals surface area contributed by atoms with Gasteiger partial charge in [-0.15, -0.1) is 0 Å². The molecule has 0 unspecified atom stereocenters. The molecule has 3 aromatic carbocycles. The predicted molar refractivity (Wildman–Crippen MR) is 149 cm³/mol. The first-order valence-corrected chi connectivity index (χ1v) is 14.1. The third-order valence-corrected chi connectivity index (χ3v) is 8.85. The molecule has 1 aliphatic rings. The lowest BCUT2D eigenvalue weighted by atomic mass is 10.0. The van der Waals surface area contributed by atoms with E-state index in [1.807, 2.05) is 37.3 Å². The van der Waals surface area contributed by atoms with Crippen molar-refractivity contribution in [1.82, 2.24) is 14.3 Å². The summed E-state index contributed by atoms with van der Waals surface area (Å²) in [5, 5.41) is 0.512. The fraction of sp³-hybridized carbons (Fsp3) is 0.241. The minimum atomic E-state index is -3.59. The van der Waals surface area contributed by atoms with Gasteiger partial charge < -0.3 is 4.90 Å². The molecule has 0 radical (unpaired) electrons. The zero-order valence-electron chi connectivity index (χ0n) is 20.9. The molecule has 1 saturated heterocycles. The molecule has 0 aliphatic carbocycles. The minimum Gasteiger partial charge on any atom is -0.354 e. The van der Waals surface area contributed by atoms with E-state index in [2.05, 4.69) is 36.1 Å². The van der Waals surface area contributed by atoms with Crippen molar-refractivity contribution in [3.63, 3.8) is 0 Å². The number of aromatic nitrogens is 2. The van der Waals surface area contributed by atoms with Crippen molar-refractivity contribution in [3.8, 4) is 11.4 Å². The van der Waals surface area contributed by atoms with Crippen molar-refractivity contribution in [2.45, 2.75) is 25.2 Å². The maximum atomic E-state index is 13.2. The molecule has 1 aromatic heterocycles. The van der Waals surface area contributed by atoms with Gasteiger partial charge in [-0.1, -0.05) is 65.7 Å². The standard InChI is InChI=1S/C29H29ClN4O2S/c1-21-7-6-10-24(19-21)28-31-22(2)27(20-23-8-4-3-5-9-23)29(32-28)33-15-17-34(18-16-33)37(35,36)26-13-11-25(30)12-14-26/h3-14,19H,15-18,20H2,1-2H3. The van der Waals surface area contributed by atoms with E-state index in [4.69, 9.17) is 21.6 Å². The van der Waals surface area contributed by atoms with Crippen LogP contribution in [-0.4, -0.2) is 48.9 Å². The first-order valence-electron chi connectivity index (χ1n) is 12.3. The van der Waals surface area contributed by atoms with E-state index in [-0.39, 0.29) is 4.90 Å². The van der Waals surface area contributed by atoms with Crippen LogP contribution in [0.15, 0.2) is 83.8 Å². The maximum absolute atomic E-state index is 13.2. The van der Waals surface area contributed by atoms with Crippen LogP contribution in [0.5, 0.6) is 0 Å². The molecule has 6 nitrogen and oxygen atoms in total. The normalized spacial score (nSPS) is 14.6. The Morgan fingerprint density at radius 1 is 0.838 bits per heavy atom. The second-order valence-electron chi connectivity index (χ2n) is 9.31. The number of aryl methyl sites for hydroxylation is 2. The summed E-state index contributed by atoms with van der Waals surface area (Å²) in [4.78, 5) is 12.4. The summed E-state index contributed by atoms with van der Waals surface area (Å²) in [5.41, 5.74) is 5.30. The summed E-state index contributed by atoms with van der Waals surface area (Å²) in [7, 11) is -3.59. The number of nitrogens with zero attached hydrogens (tertiary/aromatic N) is 4. The minimum absolute atomic E-state index is 0.259. The van der Waals surface area contributed by atoms with E-state index in [1.54, 1.807) is 28.6 Å². The van der Waals surface area contributed by atoms with Crippen LogP contribution >= 0.6 is 11.6 Å². The van der Waals surface area contributed by atoms with Crippen molar-refractivity contribution in [2.75, 3.05) is 31.1 Å². The second kappa shape index (κ2) is 10.6. The average Bonchev–Trinajstić information content (AvgIpc) is 2.90. The van der Waals surface area contributed by atoms with Gasteiger partial charge in [0.25, 0.3) is 0 Å². The highest BCUT2D eigenvalue weighted by Crippen LogP contribution is 2.29. The van der Waals surface area contributed by atoms with Crippen LogP contribution in [0.2, 0.25) is 5.02 Å². The van der Waals surface area contributed by atoms with Crippen LogP contribution in [0.1, 0.15) is 22.4 Å². The summed E-state index contributed by atoms with van der Waals surface area (Å²) < 4.78 is 28.0. The zero-order chi connectivity index (χ0) is 26.0. The van der Waals surface area contributed by atoms with E-state index in [0.29, 0.717) is 43.4 Å². The Morgan fingerprint density at radius 2 is 1.54 bits per heavy atom. The van der Waals surface area contributed by atoms with Gasteiger partial charge in [-0.25, -0.2) is 18.4 Å². The van der Waals surface area contributed by atoms with Crippen molar-refractivity contribution in [1.29, 1.82) is 0 Å². The Labute approximate surface area is 223 Å². The summed E-state index contributed by atoms with van der Waals surface area (Å²) in [5.74, 6) is 1.56. The molecule has 2 heterocycles. The summed E-state index contributed by atoms with van der Waals surface area (Å²) in [6.07, 6.45) is 0.708. The van der Waals surface area contributed by atoms with Crippen LogP contribution in [0.25, 0.3) is 11.4 Å². The number of piperazine rings is 1. The second-order valence-corrected chi connectivity index (χ2v) is 11.7. The van der Waals surface area contributed by atoms with Crippen LogP contribution in [0.3, 0.4) is 0 Å². The maximum Gasteiger partial charge on any atom is 0.243 e. The lowest BCUT2D eigenvalue weighted by Gasteiger charge is -2.36. The number of benzene rings is 3. The molecule has 1 fully saturated rings. The summed E-state index contributed by atoms with van der Waals surface area (Å²) >= 11 is 5.96. The molecular formula is C29H29ClN4O2S. The van der Waals surface area contributed by atoms with Crippen LogP contribution in [0, 0.1) is 13.8 Å². The highest BCUT2D eigenvalue weighted by atomic mass is 35.5. The first kappa shape index (κ1) is 25.4. The average molecular weight is 533 g/mol. The SMILES string of the molecule is Cc1cccc(-c2nc(C)c(Cc3ccccc3)c(N3CCN(S(=O)(=O)c4ccc(Cl)cc4)CC3)n2)c1. The molecule has 0 spiro atoms. The van der Waals surface area contributed by atoms with Gasteiger partial charge in [0, 0.05) is 54.4 Å². The van der Waals surface area contributed by atoms with E-state index in [9.17, 15) is 8.42 Å². The third-order valence-electron chi connectivity index (χ3n) is 6.68. The number of sulfonamides is 1. The lowest BCUT2D eigenvalue weighted by Crippen LogP contribution is -2.49. The Morgan fingerprint density at radius 3 is 2.22 bits per heavy atom. The topological polar surface area (TPSA) is 66.4 Å². The highest BCUT2D eigenvalue weighted by Gasteiger charge is 2.30. The largest absolute Gasteiger partial charge is 0.354 e. The van der Waals surface area contributed by atoms with Gasteiger partial charge in [0.2, 0.25) is 10.0 Å². The van der Waals surface area contributed by atoms with E-state index in [1.165, 1.54) is 5.56 Å². The van der Waals surface area contributed by atoms with Gasteiger partial charge in [-0.2, -0.15) is 4.31 Å². The molecule has 0 atom stereocenters. The first-order chi connectivity index (χ1) is 17.8. The van der Waals surface area contributed by atoms with Gasteiger partial charge in [0.1, 0.15) is 5.82 Å². The Balaban J connectivity index is 1.46. The molecule has 8 heteroatoms. The summed E-state index contributed by atoms with van der Waals surface area (Å²) in [6, 6.07) is 24.8. The van der Waals surface area contributed by atoms with Crippen molar-refractivity contribution in [3.05, 3.63) is 106 Å². The van der Waals surface area contributed by atoms with Gasteiger partial charge in [-0.05, 0) is 49.7 Å². The molecule has 37 heavy (non-hydrogen) atoms. The fourth-order valence-corrected chi connectivity index (χ4v) is 6.21. The Kier molecular flexibility index (Phi) is 7.29. The van der Waals surface area contributed by atoms with Crippen molar-refractivity contribution in [2.24, 2.45) is 0 Å². The van der Waals surface area contributed by atoms with Gasteiger partial charge in [0.15, 0.2) is 5.82 Å². The lowest BCUT2D eigenvalue weighted by molar-refractivity contribution is 0.383. The number of hydrogen-bond acceptors (Lipinski definition) is 5. The fourth-order valence-electron chi connectivity index (χ4n) is 4.66. The van der Waals surface area contributed by atoms with Crippen molar-refractivity contribution < 1.29 is 8.42 Å². The molecular weight excluding hydrogens is 504 g/mol. The molecule has 0 amide bonds. The third kappa shape index (κ3) is 5.54. The van der Waals surface area contributed by atoms with Gasteiger partial charge in [-0.3, -0.25) is 0 Å². The van der Waals surface area contributed by atoms with Gasteiger partial charge >= 0.3 is 0 Å². The Bertz CT molecular complexity index is 1500. The van der Waals surface area contributed by atoms with E-state index >= 15 is 0 Å². The molecule has 0 bridgehead atoms. The molecule has 4 aromatic rings. The predicted octanol–water partition coefficient (Wildman–Crippen LogP) is 5.52. The van der Waals surface area contributed by atoms with Gasteiger partial charge in [0.05, 0.1) is 4.90 Å². The molecule has 5 rings (SSSR count). The number of halogens is 1. The Hall–Kier alpha value is -3.26. The van der Waals surface area contributed by atoms with Crippen molar-refractivity contribution >= 4 is 27.4 Å². The summed E-state index contributed by atoms with van der Waals surface area (Å²) in [6.45, 7) is 5.92.